The van der Waals surface area contributed by atoms with Crippen molar-refractivity contribution in [1.29, 1.82) is 0 Å². The third-order valence-electron chi connectivity index (χ3n) is 5.48. The van der Waals surface area contributed by atoms with Crippen LogP contribution in [0.25, 0.3) is 0 Å². The number of carbonyl (C=O) groups excluding carboxylic acids is 1. The van der Waals surface area contributed by atoms with Crippen LogP contribution in [0.3, 0.4) is 0 Å². The predicted octanol–water partition coefficient (Wildman–Crippen LogP) is 3.75. The van der Waals surface area contributed by atoms with E-state index in [2.05, 4.69) is 51.6 Å². The molecule has 6 nitrogen and oxygen atoms in total. The maximum atomic E-state index is 11.9. The molecule has 0 aromatic heterocycles. The molecular formula is C25H33N3O3. The molecule has 1 fully saturated rings. The van der Waals surface area contributed by atoms with E-state index in [1.165, 1.54) is 11.1 Å². The molecule has 0 bridgehead atoms. The molecule has 0 radical (unpaired) electrons. The van der Waals surface area contributed by atoms with Gasteiger partial charge in [0.15, 0.2) is 5.96 Å². The molecule has 1 aliphatic heterocycles. The van der Waals surface area contributed by atoms with E-state index in [9.17, 15) is 4.79 Å². The molecule has 0 aliphatic carbocycles. The van der Waals surface area contributed by atoms with Gasteiger partial charge in [0.2, 0.25) is 0 Å². The number of hydrogen-bond acceptors (Lipinski definition) is 4. The zero-order chi connectivity index (χ0) is 21.9. The van der Waals surface area contributed by atoms with Crippen LogP contribution in [-0.4, -0.2) is 43.6 Å². The van der Waals surface area contributed by atoms with Gasteiger partial charge in [-0.15, -0.1) is 0 Å². The predicted molar refractivity (Wildman–Crippen MR) is 123 cm³/mol. The van der Waals surface area contributed by atoms with Crippen molar-refractivity contribution in [2.45, 2.75) is 39.5 Å². The first-order valence-electron chi connectivity index (χ1n) is 11.0. The molecule has 31 heavy (non-hydrogen) atoms. The summed E-state index contributed by atoms with van der Waals surface area (Å²) in [5, 5.41) is 3.44. The first kappa shape index (κ1) is 22.8. The molecule has 1 aliphatic rings. The maximum absolute atomic E-state index is 11.9. The first-order chi connectivity index (χ1) is 15.2. The van der Waals surface area contributed by atoms with E-state index in [1.54, 1.807) is 7.05 Å². The quantitative estimate of drug-likeness (QED) is 0.398. The van der Waals surface area contributed by atoms with Crippen molar-refractivity contribution in [3.05, 3.63) is 71.3 Å². The Morgan fingerprint density at radius 3 is 2.23 bits per heavy atom. The second-order valence-electron chi connectivity index (χ2n) is 7.71. The van der Waals surface area contributed by atoms with Crippen LogP contribution in [0, 0.1) is 5.92 Å². The van der Waals surface area contributed by atoms with Gasteiger partial charge in [-0.2, -0.15) is 0 Å². The highest BCUT2D eigenvalue weighted by atomic mass is 16.5. The fourth-order valence-corrected chi connectivity index (χ4v) is 3.71. The number of carbonyl (C=O) groups is 1. The molecule has 0 unspecified atom stereocenters. The molecule has 0 saturated carbocycles. The summed E-state index contributed by atoms with van der Waals surface area (Å²) >= 11 is 0. The molecule has 1 heterocycles. The summed E-state index contributed by atoms with van der Waals surface area (Å²) in [4.78, 5) is 18.5. The largest absolute Gasteiger partial charge is 0.466 e. The van der Waals surface area contributed by atoms with E-state index in [1.807, 2.05) is 25.1 Å². The number of nitrogens with zero attached hydrogens (tertiary/aromatic N) is 2. The summed E-state index contributed by atoms with van der Waals surface area (Å²) in [5.41, 5.74) is 3.53. The van der Waals surface area contributed by atoms with Gasteiger partial charge in [0, 0.05) is 26.7 Å². The highest BCUT2D eigenvalue weighted by Crippen LogP contribution is 2.19. The minimum absolute atomic E-state index is 0.00552. The number of benzene rings is 2. The van der Waals surface area contributed by atoms with Crippen molar-refractivity contribution in [1.82, 2.24) is 10.2 Å². The lowest BCUT2D eigenvalue weighted by atomic mass is 9.97. The van der Waals surface area contributed by atoms with Crippen LogP contribution >= 0.6 is 0 Å². The molecule has 0 atom stereocenters. The first-order valence-corrected chi connectivity index (χ1v) is 11.0. The average Bonchev–Trinajstić information content (AvgIpc) is 2.82. The van der Waals surface area contributed by atoms with Crippen LogP contribution in [0.5, 0.6) is 0 Å². The minimum atomic E-state index is -0.0714. The summed E-state index contributed by atoms with van der Waals surface area (Å²) < 4.78 is 11.0. The Labute approximate surface area is 185 Å². The monoisotopic (exact) mass is 423 g/mol. The zero-order valence-corrected chi connectivity index (χ0v) is 18.5. The topological polar surface area (TPSA) is 63.2 Å². The fraction of sp³-hybridized carbons (Fsp3) is 0.440. The van der Waals surface area contributed by atoms with E-state index < -0.39 is 0 Å². The van der Waals surface area contributed by atoms with Crippen molar-refractivity contribution >= 4 is 11.9 Å². The second kappa shape index (κ2) is 12.1. The van der Waals surface area contributed by atoms with E-state index in [-0.39, 0.29) is 11.9 Å². The average molecular weight is 424 g/mol. The number of piperidine rings is 1. The Balaban J connectivity index is 1.41. The van der Waals surface area contributed by atoms with Gasteiger partial charge < -0.3 is 19.7 Å². The van der Waals surface area contributed by atoms with Crippen LogP contribution in [0.2, 0.25) is 0 Å². The van der Waals surface area contributed by atoms with Crippen molar-refractivity contribution in [2.24, 2.45) is 10.9 Å². The molecule has 0 spiro atoms. The van der Waals surface area contributed by atoms with Gasteiger partial charge in [0.1, 0.15) is 0 Å². The van der Waals surface area contributed by atoms with E-state index in [0.29, 0.717) is 26.4 Å². The number of nitrogens with one attached hydrogen (secondary N) is 1. The van der Waals surface area contributed by atoms with Crippen molar-refractivity contribution in [2.75, 3.05) is 26.7 Å². The van der Waals surface area contributed by atoms with Crippen LogP contribution in [0.4, 0.5) is 0 Å². The van der Waals surface area contributed by atoms with Crippen molar-refractivity contribution in [3.8, 4) is 0 Å². The van der Waals surface area contributed by atoms with E-state index in [0.717, 1.165) is 37.5 Å². The Morgan fingerprint density at radius 2 is 1.61 bits per heavy atom. The highest BCUT2D eigenvalue weighted by Gasteiger charge is 2.27. The summed E-state index contributed by atoms with van der Waals surface area (Å²) in [5.74, 6) is 0.807. The van der Waals surface area contributed by atoms with E-state index in [4.69, 9.17) is 9.47 Å². The van der Waals surface area contributed by atoms with Gasteiger partial charge >= 0.3 is 5.97 Å². The normalized spacial score (nSPS) is 15.0. The molecule has 166 valence electrons. The van der Waals surface area contributed by atoms with Crippen molar-refractivity contribution < 1.29 is 14.3 Å². The van der Waals surface area contributed by atoms with Gasteiger partial charge in [0.25, 0.3) is 0 Å². The molecule has 1 saturated heterocycles. The summed E-state index contributed by atoms with van der Waals surface area (Å²) in [7, 11) is 1.80. The third kappa shape index (κ3) is 7.10. The lowest BCUT2D eigenvalue weighted by Gasteiger charge is -2.33. The lowest BCUT2D eigenvalue weighted by Crippen LogP contribution is -2.46. The number of aliphatic imine (C=N–C) groups is 1. The SMILES string of the molecule is CCOC(=O)C1CCN(C(=NC)NCc2ccc(COCc3ccccc3)cc2)CC1. The van der Waals surface area contributed by atoms with Crippen LogP contribution in [0.15, 0.2) is 59.6 Å². The van der Waals surface area contributed by atoms with Gasteiger partial charge in [0.05, 0.1) is 25.7 Å². The molecule has 2 aromatic carbocycles. The number of hydrogen-bond donors (Lipinski definition) is 1. The van der Waals surface area contributed by atoms with Gasteiger partial charge in [-0.25, -0.2) is 0 Å². The van der Waals surface area contributed by atoms with Crippen LogP contribution < -0.4 is 5.32 Å². The van der Waals surface area contributed by atoms with Gasteiger partial charge in [-0.05, 0) is 36.5 Å². The van der Waals surface area contributed by atoms with Gasteiger partial charge in [-0.3, -0.25) is 9.79 Å². The standard InChI is InChI=1S/C25H33N3O3/c1-3-31-24(29)23-13-15-28(16-14-23)25(26-2)27-17-20-9-11-22(12-10-20)19-30-18-21-7-5-4-6-8-21/h4-12,23H,3,13-19H2,1-2H3,(H,26,27). The molecule has 3 rings (SSSR count). The van der Waals surface area contributed by atoms with Crippen molar-refractivity contribution in [3.63, 3.8) is 0 Å². The molecule has 2 aromatic rings. The number of guanidine groups is 1. The number of ether oxygens (including phenoxy) is 2. The lowest BCUT2D eigenvalue weighted by molar-refractivity contribution is -0.149. The Morgan fingerprint density at radius 1 is 1.00 bits per heavy atom. The summed E-state index contributed by atoms with van der Waals surface area (Å²) in [6.07, 6.45) is 1.61. The minimum Gasteiger partial charge on any atom is -0.466 e. The molecule has 1 N–H and O–H groups in total. The molecule has 0 amide bonds. The maximum Gasteiger partial charge on any atom is 0.309 e. The zero-order valence-electron chi connectivity index (χ0n) is 18.5. The number of rotatable bonds is 8. The van der Waals surface area contributed by atoms with E-state index >= 15 is 0 Å². The van der Waals surface area contributed by atoms with Gasteiger partial charge in [-0.1, -0.05) is 54.6 Å². The third-order valence-corrected chi connectivity index (χ3v) is 5.48. The number of esters is 1. The smallest absolute Gasteiger partial charge is 0.309 e. The van der Waals surface area contributed by atoms with Crippen LogP contribution in [0.1, 0.15) is 36.5 Å². The Bertz CT molecular complexity index is 829. The second-order valence-corrected chi connectivity index (χ2v) is 7.71. The Kier molecular flexibility index (Phi) is 8.91. The highest BCUT2D eigenvalue weighted by molar-refractivity contribution is 5.80. The summed E-state index contributed by atoms with van der Waals surface area (Å²) in [6, 6.07) is 18.7. The molecule has 6 heteroatoms. The molecular weight excluding hydrogens is 390 g/mol. The summed E-state index contributed by atoms with van der Waals surface area (Å²) in [6.45, 7) is 5.83. The number of likely N-dealkylation sites (tertiary alicyclic amines) is 1. The Hall–Kier alpha value is -2.86. The fourth-order valence-electron chi connectivity index (χ4n) is 3.71. The van der Waals surface area contributed by atoms with Crippen LogP contribution in [-0.2, 0) is 34.0 Å².